The van der Waals surface area contributed by atoms with Gasteiger partial charge in [-0.25, -0.2) is 0 Å². The van der Waals surface area contributed by atoms with Gasteiger partial charge in [0.15, 0.2) is 6.10 Å². The first-order valence-electron chi connectivity index (χ1n) is 17.5. The Bertz CT molecular complexity index is 727. The highest BCUT2D eigenvalue weighted by Gasteiger charge is 2.16. The molecule has 43 heavy (non-hydrogen) atoms. The summed E-state index contributed by atoms with van der Waals surface area (Å²) in [5.74, 6) is 0.150. The first-order valence-corrected chi connectivity index (χ1v) is 17.5. The van der Waals surface area contributed by atoms with Gasteiger partial charge in [-0.1, -0.05) is 147 Å². The highest BCUT2D eigenvalue weighted by Crippen LogP contribution is 2.14. The van der Waals surface area contributed by atoms with E-state index in [4.69, 9.17) is 9.47 Å². The summed E-state index contributed by atoms with van der Waals surface area (Å²) < 4.78 is 10.5. The molecular formula is C37H66O6. The fourth-order valence-electron chi connectivity index (χ4n) is 4.80. The molecule has 0 aromatic carbocycles. The number of ether oxygens (including phenoxy) is 2. The molecule has 2 N–H and O–H groups in total. The molecule has 0 saturated heterocycles. The number of esters is 2. The molecule has 250 valence electrons. The molecule has 1 unspecified atom stereocenters. The number of carbonyl (C=O) groups is 2. The van der Waals surface area contributed by atoms with Crippen molar-refractivity contribution >= 4 is 11.9 Å². The maximum atomic E-state index is 12.1. The predicted octanol–water partition coefficient (Wildman–Crippen LogP) is 9.33. The van der Waals surface area contributed by atoms with Crippen molar-refractivity contribution < 1.29 is 29.3 Å². The van der Waals surface area contributed by atoms with Crippen molar-refractivity contribution in [1.82, 2.24) is 0 Å². The summed E-state index contributed by atoms with van der Waals surface area (Å²) in [7, 11) is 0. The topological polar surface area (TPSA) is 93.1 Å². The lowest BCUT2D eigenvalue weighted by atomic mass is 10.0. The molecule has 0 aliphatic rings. The third-order valence-corrected chi connectivity index (χ3v) is 7.48. The van der Waals surface area contributed by atoms with Gasteiger partial charge < -0.3 is 19.7 Å². The Hall–Kier alpha value is -1.92. The average Bonchev–Trinajstić information content (AvgIpc) is 2.98. The highest BCUT2D eigenvalue weighted by atomic mass is 16.6. The zero-order valence-electron chi connectivity index (χ0n) is 28.0. The molecule has 0 rings (SSSR count). The van der Waals surface area contributed by atoms with Crippen molar-refractivity contribution in [1.29, 1.82) is 0 Å². The summed E-state index contributed by atoms with van der Waals surface area (Å²) >= 11 is 0. The van der Waals surface area contributed by atoms with Gasteiger partial charge in [0.2, 0.25) is 0 Å². The van der Waals surface area contributed by atoms with Crippen molar-refractivity contribution in [3.05, 3.63) is 36.5 Å². The zero-order chi connectivity index (χ0) is 31.8. The lowest BCUT2D eigenvalue weighted by Crippen LogP contribution is -2.28. The van der Waals surface area contributed by atoms with Crippen LogP contribution in [0.2, 0.25) is 0 Å². The van der Waals surface area contributed by atoms with E-state index in [2.05, 4.69) is 39.0 Å². The maximum Gasteiger partial charge on any atom is 0.306 e. The number of aliphatic hydroxyl groups is 2. The number of hydrogen-bond acceptors (Lipinski definition) is 6. The lowest BCUT2D eigenvalue weighted by Gasteiger charge is -2.15. The van der Waals surface area contributed by atoms with Crippen LogP contribution in [0.25, 0.3) is 0 Å². The number of unbranched alkanes of at least 4 members (excludes halogenated alkanes) is 13. The number of carbonyl (C=O) groups excluding carboxylic acids is 2. The Kier molecular flexibility index (Phi) is 30.1. The molecule has 6 heteroatoms. The van der Waals surface area contributed by atoms with Crippen LogP contribution in [0.4, 0.5) is 0 Å². The minimum absolute atomic E-state index is 0.0965. The fourth-order valence-corrected chi connectivity index (χ4v) is 4.80. The second kappa shape index (κ2) is 31.5. The predicted molar refractivity (Wildman–Crippen MR) is 179 cm³/mol. The minimum Gasteiger partial charge on any atom is -0.462 e. The Labute approximate surface area is 264 Å². The Balaban J connectivity index is 3.69. The van der Waals surface area contributed by atoms with Crippen molar-refractivity contribution in [3.8, 4) is 0 Å². The molecule has 6 nitrogen and oxygen atoms in total. The molecule has 0 spiro atoms. The lowest BCUT2D eigenvalue weighted by molar-refractivity contribution is -0.161. The van der Waals surface area contributed by atoms with E-state index in [1.165, 1.54) is 51.4 Å². The van der Waals surface area contributed by atoms with E-state index in [0.717, 1.165) is 76.5 Å². The zero-order valence-corrected chi connectivity index (χ0v) is 28.0. The normalized spacial score (nSPS) is 13.4. The number of allylic oxidation sites excluding steroid dienone is 5. The van der Waals surface area contributed by atoms with Crippen molar-refractivity contribution in [2.24, 2.45) is 5.92 Å². The smallest absolute Gasteiger partial charge is 0.306 e. The van der Waals surface area contributed by atoms with E-state index in [9.17, 15) is 19.8 Å². The van der Waals surface area contributed by atoms with Gasteiger partial charge in [0.05, 0.1) is 12.7 Å². The number of aliphatic hydroxyl groups excluding tert-OH is 2. The van der Waals surface area contributed by atoms with Gasteiger partial charge in [-0.3, -0.25) is 9.59 Å². The van der Waals surface area contributed by atoms with Crippen molar-refractivity contribution in [3.63, 3.8) is 0 Å². The Morgan fingerprint density at radius 1 is 0.674 bits per heavy atom. The van der Waals surface area contributed by atoms with Crippen LogP contribution in [0.1, 0.15) is 156 Å². The van der Waals surface area contributed by atoms with Gasteiger partial charge in [0.25, 0.3) is 0 Å². The molecule has 0 aromatic rings. The molecule has 0 heterocycles. The monoisotopic (exact) mass is 606 g/mol. The molecule has 0 aliphatic carbocycles. The molecule has 0 fully saturated rings. The SMILES string of the molecule is CC/C=C/C/C=C/C=C/C(O)CCCCCCCC(=O)O[C@@H](CO)COC(=O)CCCCCCCCCCCCC(C)C. The van der Waals surface area contributed by atoms with Crippen LogP contribution < -0.4 is 0 Å². The quantitative estimate of drug-likeness (QED) is 0.0366. The number of hydrogen-bond donors (Lipinski definition) is 2. The maximum absolute atomic E-state index is 12.1. The van der Waals surface area contributed by atoms with E-state index >= 15 is 0 Å². The molecule has 0 amide bonds. The van der Waals surface area contributed by atoms with E-state index < -0.39 is 12.2 Å². The second-order valence-electron chi connectivity index (χ2n) is 12.2. The fraction of sp³-hybridized carbons (Fsp3) is 0.784. The van der Waals surface area contributed by atoms with Crippen molar-refractivity contribution in [2.75, 3.05) is 13.2 Å². The highest BCUT2D eigenvalue weighted by molar-refractivity contribution is 5.70. The van der Waals surface area contributed by atoms with Crippen LogP contribution in [-0.2, 0) is 19.1 Å². The van der Waals surface area contributed by atoms with Gasteiger partial charge in [0, 0.05) is 12.8 Å². The van der Waals surface area contributed by atoms with Crippen LogP contribution in [0.15, 0.2) is 36.5 Å². The molecule has 0 bridgehead atoms. The van der Waals surface area contributed by atoms with Crippen LogP contribution >= 0.6 is 0 Å². The van der Waals surface area contributed by atoms with Gasteiger partial charge in [-0.15, -0.1) is 0 Å². The van der Waals surface area contributed by atoms with Gasteiger partial charge in [-0.2, -0.15) is 0 Å². The van der Waals surface area contributed by atoms with Crippen LogP contribution in [-0.4, -0.2) is 47.6 Å². The molecule has 0 radical (unpaired) electrons. The first-order chi connectivity index (χ1) is 20.9. The number of rotatable bonds is 30. The third kappa shape index (κ3) is 31.3. The van der Waals surface area contributed by atoms with Crippen LogP contribution in [0, 0.1) is 5.92 Å². The summed E-state index contributed by atoms with van der Waals surface area (Å²) in [4.78, 5) is 24.2. The van der Waals surface area contributed by atoms with E-state index in [1.54, 1.807) is 0 Å². The molecule has 0 aliphatic heterocycles. The first kappa shape index (κ1) is 41.1. The molecule has 0 saturated carbocycles. The summed E-state index contributed by atoms with van der Waals surface area (Å²) in [5.41, 5.74) is 0. The van der Waals surface area contributed by atoms with Gasteiger partial charge in [-0.05, 0) is 38.0 Å². The summed E-state index contributed by atoms with van der Waals surface area (Å²) in [6, 6.07) is 0. The second-order valence-corrected chi connectivity index (χ2v) is 12.2. The average molecular weight is 607 g/mol. The molecule has 0 aromatic heterocycles. The van der Waals surface area contributed by atoms with E-state index in [0.29, 0.717) is 6.42 Å². The van der Waals surface area contributed by atoms with Gasteiger partial charge >= 0.3 is 11.9 Å². The minimum atomic E-state index is -0.806. The van der Waals surface area contributed by atoms with Crippen molar-refractivity contribution in [2.45, 2.75) is 168 Å². The largest absolute Gasteiger partial charge is 0.462 e. The van der Waals surface area contributed by atoms with Crippen LogP contribution in [0.3, 0.4) is 0 Å². The Morgan fingerprint density at radius 3 is 1.77 bits per heavy atom. The van der Waals surface area contributed by atoms with Crippen LogP contribution in [0.5, 0.6) is 0 Å². The van der Waals surface area contributed by atoms with Gasteiger partial charge in [0.1, 0.15) is 6.61 Å². The van der Waals surface area contributed by atoms with E-state index in [-0.39, 0.29) is 31.6 Å². The van der Waals surface area contributed by atoms with E-state index in [1.807, 2.05) is 18.2 Å². The molecule has 2 atom stereocenters. The molecular weight excluding hydrogens is 540 g/mol. The summed E-state index contributed by atoms with van der Waals surface area (Å²) in [5, 5.41) is 19.5. The standard InChI is InChI=1S/C37H66O6/c1-4-5-6-7-12-17-22-27-34(39)28-23-18-15-20-25-30-37(41)43-35(31-38)32-42-36(40)29-24-19-14-11-9-8-10-13-16-21-26-33(2)3/h5-6,12,17,22,27,33-35,38-39H,4,7-11,13-16,18-21,23-26,28-32H2,1-3H3/b6-5+,17-12+,27-22+/t34?,35-/m0/s1. The summed E-state index contributed by atoms with van der Waals surface area (Å²) in [6.45, 7) is 6.23. The Morgan fingerprint density at radius 2 is 1.21 bits per heavy atom. The summed E-state index contributed by atoms with van der Waals surface area (Å²) in [6.07, 6.45) is 32.2. The third-order valence-electron chi connectivity index (χ3n) is 7.48.